The molecule has 1 aliphatic carbocycles. The highest BCUT2D eigenvalue weighted by atomic mass is 16.5. The summed E-state index contributed by atoms with van der Waals surface area (Å²) in [7, 11) is 4.40. The van der Waals surface area contributed by atoms with Gasteiger partial charge in [-0.15, -0.1) is 0 Å². The highest BCUT2D eigenvalue weighted by molar-refractivity contribution is 5.95. The lowest BCUT2D eigenvalue weighted by Gasteiger charge is -2.26. The van der Waals surface area contributed by atoms with Crippen LogP contribution in [0.1, 0.15) is 43.0 Å². The lowest BCUT2D eigenvalue weighted by molar-refractivity contribution is -0.125. The van der Waals surface area contributed by atoms with Crippen molar-refractivity contribution in [2.45, 2.75) is 38.6 Å². The molecule has 0 atom stereocenters. The van der Waals surface area contributed by atoms with Gasteiger partial charge in [0, 0.05) is 18.2 Å². The van der Waals surface area contributed by atoms with E-state index in [9.17, 15) is 9.59 Å². The number of carbonyl (C=O) groups is 2. The van der Waals surface area contributed by atoms with E-state index < -0.39 is 5.97 Å². The highest BCUT2D eigenvalue weighted by Crippen LogP contribution is 2.34. The Bertz CT molecular complexity index is 637. The topological polar surface area (TPSA) is 83.1 Å². The molecule has 0 unspecified atom stereocenters. The number of ether oxygens (including phenoxy) is 4. The van der Waals surface area contributed by atoms with Gasteiger partial charge in [0.1, 0.15) is 11.3 Å². The molecule has 7 heteroatoms. The fourth-order valence-electron chi connectivity index (χ4n) is 3.07. The van der Waals surface area contributed by atoms with Gasteiger partial charge in [-0.25, -0.2) is 4.79 Å². The summed E-state index contributed by atoms with van der Waals surface area (Å²) in [6.45, 7) is 1.89. The summed E-state index contributed by atoms with van der Waals surface area (Å²) < 4.78 is 20.7. The summed E-state index contributed by atoms with van der Waals surface area (Å²) in [6, 6.07) is 3.17. The number of hydrogen-bond donors (Lipinski definition) is 1. The van der Waals surface area contributed by atoms with E-state index in [-0.39, 0.29) is 29.9 Å². The normalized spacial score (nSPS) is 19.4. The summed E-state index contributed by atoms with van der Waals surface area (Å²) >= 11 is 0. The lowest BCUT2D eigenvalue weighted by Crippen LogP contribution is -2.39. The predicted molar refractivity (Wildman–Crippen MR) is 95.9 cm³/mol. The van der Waals surface area contributed by atoms with E-state index in [4.69, 9.17) is 18.9 Å². The summed E-state index contributed by atoms with van der Waals surface area (Å²) in [5.41, 5.74) is 0.171. The van der Waals surface area contributed by atoms with E-state index >= 15 is 0 Å². The first kappa shape index (κ1) is 19.9. The van der Waals surface area contributed by atoms with Crippen LogP contribution in [0.15, 0.2) is 12.1 Å². The van der Waals surface area contributed by atoms with Gasteiger partial charge >= 0.3 is 5.97 Å². The molecule has 0 saturated heterocycles. The Labute approximate surface area is 153 Å². The summed E-state index contributed by atoms with van der Waals surface area (Å²) in [5, 5.41) is 2.92. The fraction of sp³-hybridized carbons (Fsp3) is 0.579. The molecule has 7 nitrogen and oxygen atoms in total. The fourth-order valence-corrected chi connectivity index (χ4v) is 3.07. The predicted octanol–water partition coefficient (Wildman–Crippen LogP) is 2.56. The zero-order chi connectivity index (χ0) is 19.1. The van der Waals surface area contributed by atoms with E-state index in [0.29, 0.717) is 17.4 Å². The number of rotatable bonds is 7. The summed E-state index contributed by atoms with van der Waals surface area (Å²) in [5.74, 6) is 0.853. The zero-order valence-corrected chi connectivity index (χ0v) is 15.8. The van der Waals surface area contributed by atoms with Crippen LogP contribution in [0, 0.1) is 5.92 Å². The molecule has 1 amide bonds. The van der Waals surface area contributed by atoms with Crippen LogP contribution < -0.4 is 19.5 Å². The van der Waals surface area contributed by atoms with Crippen molar-refractivity contribution in [3.05, 3.63) is 17.7 Å². The molecule has 144 valence electrons. The summed E-state index contributed by atoms with van der Waals surface area (Å²) in [6.07, 6.45) is 4.13. The average molecular weight is 365 g/mol. The molecular weight excluding hydrogens is 338 g/mol. The first-order valence-electron chi connectivity index (χ1n) is 8.75. The molecule has 1 N–H and O–H groups in total. The number of nitrogens with one attached hydrogen (secondary N) is 1. The molecule has 1 aromatic rings. The van der Waals surface area contributed by atoms with Gasteiger partial charge in [0.05, 0.1) is 21.3 Å². The van der Waals surface area contributed by atoms with Crippen molar-refractivity contribution < 1.29 is 28.5 Å². The lowest BCUT2D eigenvalue weighted by atomic mass is 9.87. The zero-order valence-electron chi connectivity index (χ0n) is 15.8. The van der Waals surface area contributed by atoms with Gasteiger partial charge in [-0.2, -0.15) is 0 Å². The van der Waals surface area contributed by atoms with Crippen LogP contribution in [0.2, 0.25) is 0 Å². The Morgan fingerprint density at radius 3 is 2.12 bits per heavy atom. The SMILES string of the molecule is COc1cc(OC)c(C(=O)OCC(=O)NC2CCC(C)CC2)cc1OC. The molecule has 0 spiro atoms. The van der Waals surface area contributed by atoms with Crippen LogP contribution in [0.3, 0.4) is 0 Å². The molecule has 1 fully saturated rings. The molecule has 0 aromatic heterocycles. The molecule has 26 heavy (non-hydrogen) atoms. The van der Waals surface area contributed by atoms with Crippen molar-refractivity contribution in [1.29, 1.82) is 0 Å². The van der Waals surface area contributed by atoms with Crippen molar-refractivity contribution in [2.24, 2.45) is 5.92 Å². The number of esters is 1. The van der Waals surface area contributed by atoms with Crippen molar-refractivity contribution >= 4 is 11.9 Å². The van der Waals surface area contributed by atoms with E-state index in [2.05, 4.69) is 12.2 Å². The highest BCUT2D eigenvalue weighted by Gasteiger charge is 2.22. The smallest absolute Gasteiger partial charge is 0.342 e. The average Bonchev–Trinajstić information content (AvgIpc) is 2.66. The third-order valence-electron chi connectivity index (χ3n) is 4.64. The standard InChI is InChI=1S/C19H27NO6/c1-12-5-7-13(8-6-12)20-18(21)11-26-19(22)14-9-16(24-3)17(25-4)10-15(14)23-2/h9-10,12-13H,5-8,11H2,1-4H3,(H,20,21). The van der Waals surface area contributed by atoms with Gasteiger partial charge in [0.15, 0.2) is 18.1 Å². The van der Waals surface area contributed by atoms with Crippen molar-refractivity contribution in [1.82, 2.24) is 5.32 Å². The Hall–Kier alpha value is -2.44. The molecule has 1 aliphatic rings. The number of amides is 1. The largest absolute Gasteiger partial charge is 0.496 e. The monoisotopic (exact) mass is 365 g/mol. The van der Waals surface area contributed by atoms with Crippen molar-refractivity contribution in [3.8, 4) is 17.2 Å². The van der Waals surface area contributed by atoms with Gasteiger partial charge < -0.3 is 24.3 Å². The number of benzene rings is 1. The second-order valence-electron chi connectivity index (χ2n) is 6.51. The van der Waals surface area contributed by atoms with Crippen LogP contribution in [0.5, 0.6) is 17.2 Å². The Balaban J connectivity index is 1.95. The minimum absolute atomic E-state index is 0.160. The molecule has 1 saturated carbocycles. The van der Waals surface area contributed by atoms with Crippen LogP contribution in [-0.4, -0.2) is 45.9 Å². The van der Waals surface area contributed by atoms with Crippen molar-refractivity contribution in [3.63, 3.8) is 0 Å². The molecule has 0 aliphatic heterocycles. The van der Waals surface area contributed by atoms with E-state index in [1.165, 1.54) is 27.4 Å². The second kappa shape index (κ2) is 9.31. The quantitative estimate of drug-likeness (QED) is 0.748. The van der Waals surface area contributed by atoms with E-state index in [1.54, 1.807) is 6.07 Å². The van der Waals surface area contributed by atoms with E-state index in [1.807, 2.05) is 0 Å². The maximum atomic E-state index is 12.4. The molecule has 2 rings (SSSR count). The summed E-state index contributed by atoms with van der Waals surface area (Å²) in [4.78, 5) is 24.4. The van der Waals surface area contributed by atoms with Gasteiger partial charge in [0.2, 0.25) is 0 Å². The minimum atomic E-state index is -0.657. The molecule has 0 bridgehead atoms. The van der Waals surface area contributed by atoms with Gasteiger partial charge in [-0.05, 0) is 31.6 Å². The molecule has 0 radical (unpaired) electrons. The maximum Gasteiger partial charge on any atom is 0.342 e. The third-order valence-corrected chi connectivity index (χ3v) is 4.64. The van der Waals surface area contributed by atoms with Crippen LogP contribution >= 0.6 is 0 Å². The van der Waals surface area contributed by atoms with Gasteiger partial charge in [-0.1, -0.05) is 6.92 Å². The second-order valence-corrected chi connectivity index (χ2v) is 6.51. The third kappa shape index (κ3) is 5.03. The first-order chi connectivity index (χ1) is 12.5. The molecule has 0 heterocycles. The van der Waals surface area contributed by atoms with Crippen LogP contribution in [0.4, 0.5) is 0 Å². The van der Waals surface area contributed by atoms with E-state index in [0.717, 1.165) is 25.7 Å². The van der Waals surface area contributed by atoms with Gasteiger partial charge in [-0.3, -0.25) is 4.79 Å². The van der Waals surface area contributed by atoms with Crippen molar-refractivity contribution in [2.75, 3.05) is 27.9 Å². The maximum absolute atomic E-state index is 12.4. The first-order valence-corrected chi connectivity index (χ1v) is 8.75. The number of hydrogen-bond acceptors (Lipinski definition) is 6. The Morgan fingerprint density at radius 2 is 1.54 bits per heavy atom. The Kier molecular flexibility index (Phi) is 7.12. The minimum Gasteiger partial charge on any atom is -0.496 e. The Morgan fingerprint density at radius 1 is 0.962 bits per heavy atom. The van der Waals surface area contributed by atoms with Crippen LogP contribution in [0.25, 0.3) is 0 Å². The molecular formula is C19H27NO6. The van der Waals surface area contributed by atoms with Gasteiger partial charge in [0.25, 0.3) is 5.91 Å². The van der Waals surface area contributed by atoms with Crippen LogP contribution in [-0.2, 0) is 9.53 Å². The number of methoxy groups -OCH3 is 3. The number of carbonyl (C=O) groups excluding carboxylic acids is 2. The molecule has 1 aromatic carbocycles.